The molecule has 0 spiro atoms. The van der Waals surface area contributed by atoms with Gasteiger partial charge in [-0.15, -0.1) is 0 Å². The first-order valence-corrected chi connectivity index (χ1v) is 20.9. The maximum atomic E-state index is 13.3. The second-order valence-corrected chi connectivity index (χ2v) is 18.0. The quantitative estimate of drug-likeness (QED) is 0.0816. The minimum Gasteiger partial charge on any atom is -0.455 e. The van der Waals surface area contributed by atoms with Gasteiger partial charge in [-0.1, -0.05) is 143 Å². The van der Waals surface area contributed by atoms with E-state index in [1.165, 1.54) is 95.5 Å². The van der Waals surface area contributed by atoms with Gasteiger partial charge in [0.05, 0.1) is 6.10 Å². The van der Waals surface area contributed by atoms with Crippen LogP contribution in [0, 0.1) is 46.3 Å². The monoisotopic (exact) mass is 669 g/mol. The number of unbranched alkanes of at least 4 members (excludes halogenated alkanes) is 12. The maximum absolute atomic E-state index is 13.3. The van der Waals surface area contributed by atoms with Crippen molar-refractivity contribution in [3.05, 3.63) is 23.8 Å². The lowest BCUT2D eigenvalue weighted by Crippen LogP contribution is -2.66. The van der Waals surface area contributed by atoms with Crippen molar-refractivity contribution in [3.8, 4) is 0 Å². The van der Waals surface area contributed by atoms with Crippen molar-refractivity contribution < 1.29 is 19.7 Å². The number of fused-ring (bicyclic) bond motifs is 5. The molecule has 0 aromatic carbocycles. The summed E-state index contributed by atoms with van der Waals surface area (Å²) in [5.41, 5.74) is 0.0598. The molecule has 10 atom stereocenters. The maximum Gasteiger partial charge on any atom is 0.306 e. The van der Waals surface area contributed by atoms with Gasteiger partial charge in [-0.3, -0.25) is 4.79 Å². The van der Waals surface area contributed by atoms with Gasteiger partial charge in [-0.05, 0) is 91.9 Å². The molecule has 0 aliphatic heterocycles. The zero-order chi connectivity index (χ0) is 35.0. The van der Waals surface area contributed by atoms with Crippen LogP contribution in [0.1, 0.15) is 183 Å². The zero-order valence-electron chi connectivity index (χ0n) is 32.4. The highest BCUT2D eigenvalue weighted by molar-refractivity contribution is 5.70. The van der Waals surface area contributed by atoms with Crippen molar-refractivity contribution in [3.63, 3.8) is 0 Å². The van der Waals surface area contributed by atoms with Gasteiger partial charge in [0.15, 0.2) is 0 Å². The minimum absolute atomic E-state index is 0.185. The lowest BCUT2D eigenvalue weighted by atomic mass is 9.45. The SMILES string of the molecule is CCCCCCCCCCCCCCCC(=O)O[C@@H]1C=C2[C@@H]3CC[C@H]([C@H](C)/C=C/[C@H](C)C(C)C)[C@@]3(C)CC[C@@H]2[C@@]2(C)CC[C@H](O)C[C@]12O. The van der Waals surface area contributed by atoms with Gasteiger partial charge in [0.1, 0.15) is 11.7 Å². The first-order valence-electron chi connectivity index (χ1n) is 20.9. The topological polar surface area (TPSA) is 66.8 Å². The summed E-state index contributed by atoms with van der Waals surface area (Å²) in [6.45, 7) is 16.4. The molecule has 4 heteroatoms. The molecular formula is C44H76O4. The Hall–Kier alpha value is -1.13. The normalized spacial score (nSPS) is 36.0. The molecule has 0 radical (unpaired) electrons. The number of aliphatic hydroxyl groups is 2. The lowest BCUT2D eigenvalue weighted by molar-refractivity contribution is -0.222. The Morgan fingerprint density at radius 3 is 2.04 bits per heavy atom. The molecule has 0 bridgehead atoms. The molecule has 4 aliphatic carbocycles. The summed E-state index contributed by atoms with van der Waals surface area (Å²) in [7, 11) is 0. The van der Waals surface area contributed by atoms with Crippen LogP contribution in [0.3, 0.4) is 0 Å². The first-order chi connectivity index (χ1) is 22.9. The fourth-order valence-electron chi connectivity index (χ4n) is 10.8. The number of carbonyl (C=O) groups is 1. The highest BCUT2D eigenvalue weighted by Gasteiger charge is 2.66. The van der Waals surface area contributed by atoms with E-state index in [2.05, 4.69) is 66.7 Å². The second kappa shape index (κ2) is 17.9. The van der Waals surface area contributed by atoms with E-state index in [4.69, 9.17) is 4.74 Å². The van der Waals surface area contributed by atoms with Crippen LogP contribution < -0.4 is 0 Å². The van der Waals surface area contributed by atoms with Crippen LogP contribution in [0.4, 0.5) is 0 Å². The first kappa shape index (κ1) is 39.7. The van der Waals surface area contributed by atoms with E-state index in [9.17, 15) is 15.0 Å². The minimum atomic E-state index is -1.22. The summed E-state index contributed by atoms with van der Waals surface area (Å²) in [6, 6.07) is 0. The molecule has 3 fully saturated rings. The molecule has 0 amide bonds. The smallest absolute Gasteiger partial charge is 0.306 e. The van der Waals surface area contributed by atoms with Crippen LogP contribution in [-0.2, 0) is 9.53 Å². The van der Waals surface area contributed by atoms with Crippen LogP contribution >= 0.6 is 0 Å². The summed E-state index contributed by atoms with van der Waals surface area (Å²) in [6.07, 6.45) is 29.4. The standard InChI is InChI=1S/C44H76O4/c1-8-9-10-11-12-13-14-15-16-17-18-19-20-21-41(46)48-40-30-36-38-25-24-37(34(5)23-22-33(4)32(2)3)42(38,6)28-27-39(36)43(7)29-26-35(45)31-44(40,43)47/h22-23,30,32-35,37-40,45,47H,8-21,24-29,31H2,1-7H3/b23-22+/t33-,34+,35-,37+,38-,39-,40+,42+,43+,44-/m0/s1. The van der Waals surface area contributed by atoms with Gasteiger partial charge >= 0.3 is 5.97 Å². The van der Waals surface area contributed by atoms with Crippen LogP contribution in [-0.4, -0.2) is 34.0 Å². The summed E-state index contributed by atoms with van der Waals surface area (Å²) < 4.78 is 6.29. The van der Waals surface area contributed by atoms with E-state index < -0.39 is 23.2 Å². The largest absolute Gasteiger partial charge is 0.455 e. The van der Waals surface area contributed by atoms with Gasteiger partial charge in [-0.2, -0.15) is 0 Å². The van der Waals surface area contributed by atoms with Crippen molar-refractivity contribution in [2.75, 3.05) is 0 Å². The number of rotatable bonds is 19. The summed E-state index contributed by atoms with van der Waals surface area (Å²) >= 11 is 0. The number of hydrogen-bond donors (Lipinski definition) is 2. The molecule has 276 valence electrons. The van der Waals surface area contributed by atoms with Crippen LogP contribution in [0.5, 0.6) is 0 Å². The number of ether oxygens (including phenoxy) is 1. The molecule has 4 rings (SSSR count). The summed E-state index contributed by atoms with van der Waals surface area (Å²) in [5, 5.41) is 23.3. The molecule has 0 heterocycles. The Balaban J connectivity index is 1.35. The van der Waals surface area contributed by atoms with E-state index in [0.29, 0.717) is 48.9 Å². The van der Waals surface area contributed by atoms with Crippen molar-refractivity contribution in [1.82, 2.24) is 0 Å². The fraction of sp³-hybridized carbons (Fsp3) is 0.886. The van der Waals surface area contributed by atoms with E-state index >= 15 is 0 Å². The highest BCUT2D eigenvalue weighted by Crippen LogP contribution is 2.68. The Morgan fingerprint density at radius 1 is 0.833 bits per heavy atom. The van der Waals surface area contributed by atoms with E-state index in [-0.39, 0.29) is 17.3 Å². The fourth-order valence-corrected chi connectivity index (χ4v) is 10.8. The highest BCUT2D eigenvalue weighted by atomic mass is 16.6. The Kier molecular flexibility index (Phi) is 14.8. The lowest BCUT2D eigenvalue weighted by Gasteiger charge is -2.62. The van der Waals surface area contributed by atoms with Crippen LogP contribution in [0.15, 0.2) is 23.8 Å². The molecule has 4 aliphatic rings. The van der Waals surface area contributed by atoms with Gasteiger partial charge in [0.2, 0.25) is 0 Å². The third-order valence-corrected chi connectivity index (χ3v) is 14.4. The molecule has 0 saturated heterocycles. The van der Waals surface area contributed by atoms with Gasteiger partial charge in [0, 0.05) is 18.3 Å². The zero-order valence-corrected chi connectivity index (χ0v) is 32.4. The summed E-state index contributed by atoms with van der Waals surface area (Å²) in [4.78, 5) is 13.3. The van der Waals surface area contributed by atoms with Crippen LogP contribution in [0.25, 0.3) is 0 Å². The van der Waals surface area contributed by atoms with E-state index in [1.54, 1.807) is 0 Å². The second-order valence-electron chi connectivity index (χ2n) is 18.0. The summed E-state index contributed by atoms with van der Waals surface area (Å²) in [5.74, 6) is 2.98. The third kappa shape index (κ3) is 9.02. The molecular weight excluding hydrogens is 592 g/mol. The van der Waals surface area contributed by atoms with Crippen LogP contribution in [0.2, 0.25) is 0 Å². The molecule has 2 N–H and O–H groups in total. The van der Waals surface area contributed by atoms with Gasteiger partial charge in [-0.25, -0.2) is 0 Å². The Morgan fingerprint density at radius 2 is 1.44 bits per heavy atom. The number of allylic oxidation sites excluding steroid dienone is 3. The number of esters is 1. The average molecular weight is 669 g/mol. The van der Waals surface area contributed by atoms with Crippen molar-refractivity contribution >= 4 is 5.97 Å². The van der Waals surface area contributed by atoms with Crippen molar-refractivity contribution in [2.45, 2.75) is 201 Å². The Labute approximate surface area is 296 Å². The van der Waals surface area contributed by atoms with Crippen molar-refractivity contribution in [1.29, 1.82) is 0 Å². The molecule has 48 heavy (non-hydrogen) atoms. The van der Waals surface area contributed by atoms with E-state index in [1.807, 2.05) is 0 Å². The number of hydrogen-bond acceptors (Lipinski definition) is 4. The third-order valence-electron chi connectivity index (χ3n) is 14.4. The Bertz CT molecular complexity index is 1060. The predicted octanol–water partition coefficient (Wildman–Crippen LogP) is 11.5. The number of aliphatic hydroxyl groups excluding tert-OH is 1. The van der Waals surface area contributed by atoms with Gasteiger partial charge < -0.3 is 14.9 Å². The molecule has 0 aromatic rings. The number of carbonyl (C=O) groups excluding carboxylic acids is 1. The van der Waals surface area contributed by atoms with Gasteiger partial charge in [0.25, 0.3) is 0 Å². The molecule has 0 aromatic heterocycles. The molecule has 0 unspecified atom stereocenters. The molecule has 4 nitrogen and oxygen atoms in total. The molecule has 3 saturated carbocycles. The van der Waals surface area contributed by atoms with E-state index in [0.717, 1.165) is 25.7 Å². The average Bonchev–Trinajstić information content (AvgIpc) is 3.40. The van der Waals surface area contributed by atoms with Crippen molar-refractivity contribution in [2.24, 2.45) is 46.3 Å². The predicted molar refractivity (Wildman–Crippen MR) is 201 cm³/mol.